The third kappa shape index (κ3) is 4.60. The predicted molar refractivity (Wildman–Crippen MR) is 93.2 cm³/mol. The molecule has 1 aromatic carbocycles. The third-order valence-electron chi connectivity index (χ3n) is 3.24. The zero-order valence-corrected chi connectivity index (χ0v) is 14.8. The summed E-state index contributed by atoms with van der Waals surface area (Å²) in [5.41, 5.74) is 0.408. The summed E-state index contributed by atoms with van der Waals surface area (Å²) in [6, 6.07) is 3.45. The first-order valence-electron chi connectivity index (χ1n) is 7.55. The maximum atomic E-state index is 12.4. The van der Waals surface area contributed by atoms with Gasteiger partial charge in [0.15, 0.2) is 5.13 Å². The maximum Gasteiger partial charge on any atom is 0.338 e. The van der Waals surface area contributed by atoms with Crippen molar-refractivity contribution in [3.05, 3.63) is 50.5 Å². The molecule has 0 aliphatic heterocycles. The van der Waals surface area contributed by atoms with Gasteiger partial charge >= 0.3 is 5.97 Å². The molecule has 0 unspecified atom stereocenters. The van der Waals surface area contributed by atoms with Crippen LogP contribution in [0.15, 0.2) is 23.6 Å². The number of nitro groups is 1. The summed E-state index contributed by atoms with van der Waals surface area (Å²) in [5.74, 6) is -1.09. The number of nitrogens with zero attached hydrogens (tertiary/aromatic N) is 2. The number of carbonyl (C=O) groups is 2. The molecular formula is C16H17N3O5S. The number of ether oxygens (including phenoxy) is 1. The Balaban J connectivity index is 2.30. The van der Waals surface area contributed by atoms with Gasteiger partial charge in [0.05, 0.1) is 22.8 Å². The number of hydrogen-bond donors (Lipinski definition) is 1. The highest BCUT2D eigenvalue weighted by molar-refractivity contribution is 7.14. The van der Waals surface area contributed by atoms with E-state index >= 15 is 0 Å². The second-order valence-corrected chi connectivity index (χ2v) is 6.29. The van der Waals surface area contributed by atoms with Crippen LogP contribution in [0.25, 0.3) is 0 Å². The van der Waals surface area contributed by atoms with E-state index in [1.54, 1.807) is 6.92 Å². The minimum Gasteiger partial charge on any atom is -0.462 e. The van der Waals surface area contributed by atoms with Gasteiger partial charge in [0.1, 0.15) is 0 Å². The molecule has 0 saturated heterocycles. The molecular weight excluding hydrogens is 346 g/mol. The minimum atomic E-state index is -0.725. The van der Waals surface area contributed by atoms with Crippen molar-refractivity contribution in [1.82, 2.24) is 4.98 Å². The third-order valence-corrected chi connectivity index (χ3v) is 4.01. The zero-order chi connectivity index (χ0) is 18.6. The minimum absolute atomic E-state index is 0.0152. The van der Waals surface area contributed by atoms with Crippen LogP contribution in [0.4, 0.5) is 10.8 Å². The van der Waals surface area contributed by atoms with Gasteiger partial charge in [0, 0.05) is 23.1 Å². The zero-order valence-electron chi connectivity index (χ0n) is 13.9. The van der Waals surface area contributed by atoms with Crippen molar-refractivity contribution < 1.29 is 19.2 Å². The van der Waals surface area contributed by atoms with Crippen LogP contribution in [0.1, 0.15) is 53.1 Å². The predicted octanol–water partition coefficient (Wildman–Crippen LogP) is 3.60. The fourth-order valence-electron chi connectivity index (χ4n) is 1.96. The van der Waals surface area contributed by atoms with Gasteiger partial charge in [-0.3, -0.25) is 20.2 Å². The number of nitrogens with one attached hydrogen (secondary N) is 1. The Labute approximate surface area is 148 Å². The van der Waals surface area contributed by atoms with E-state index in [2.05, 4.69) is 10.3 Å². The van der Waals surface area contributed by atoms with Gasteiger partial charge in [-0.2, -0.15) is 0 Å². The Bertz CT molecular complexity index is 816. The number of aromatic nitrogens is 1. The van der Waals surface area contributed by atoms with Crippen molar-refractivity contribution in [2.75, 3.05) is 11.9 Å². The van der Waals surface area contributed by atoms with Crippen molar-refractivity contribution in [1.29, 1.82) is 0 Å². The van der Waals surface area contributed by atoms with E-state index in [1.165, 1.54) is 17.4 Å². The van der Waals surface area contributed by atoms with Crippen LogP contribution in [0.3, 0.4) is 0 Å². The van der Waals surface area contributed by atoms with Crippen molar-refractivity contribution >= 4 is 34.0 Å². The van der Waals surface area contributed by atoms with Crippen LogP contribution < -0.4 is 5.32 Å². The molecule has 8 nitrogen and oxygen atoms in total. The lowest BCUT2D eigenvalue weighted by atomic mass is 10.1. The van der Waals surface area contributed by atoms with Gasteiger partial charge < -0.3 is 4.74 Å². The molecule has 0 aliphatic carbocycles. The van der Waals surface area contributed by atoms with E-state index in [4.69, 9.17) is 4.74 Å². The summed E-state index contributed by atoms with van der Waals surface area (Å²) in [7, 11) is 0. The average Bonchev–Trinajstić information content (AvgIpc) is 3.03. The van der Waals surface area contributed by atoms with Crippen LogP contribution in [-0.2, 0) is 4.74 Å². The quantitative estimate of drug-likeness (QED) is 0.477. The number of benzene rings is 1. The fraction of sp³-hybridized carbons (Fsp3) is 0.312. The molecule has 0 aliphatic rings. The summed E-state index contributed by atoms with van der Waals surface area (Å²) in [6.07, 6.45) is 0. The highest BCUT2D eigenvalue weighted by Gasteiger charge is 2.19. The smallest absolute Gasteiger partial charge is 0.338 e. The Kier molecular flexibility index (Phi) is 5.81. The monoisotopic (exact) mass is 363 g/mol. The number of non-ortho nitro benzene ring substituents is 1. The number of nitro benzene ring substituents is 1. The van der Waals surface area contributed by atoms with E-state index in [0.29, 0.717) is 5.13 Å². The topological polar surface area (TPSA) is 111 Å². The number of rotatable bonds is 6. The number of anilines is 1. The number of thiazole rings is 1. The number of hydrogen-bond acceptors (Lipinski definition) is 7. The van der Waals surface area contributed by atoms with Crippen molar-refractivity contribution in [2.45, 2.75) is 26.7 Å². The lowest BCUT2D eigenvalue weighted by Gasteiger charge is -2.06. The average molecular weight is 363 g/mol. The van der Waals surface area contributed by atoms with Gasteiger partial charge in [-0.1, -0.05) is 13.8 Å². The molecule has 0 atom stereocenters. The molecule has 0 bridgehead atoms. The molecule has 25 heavy (non-hydrogen) atoms. The summed E-state index contributed by atoms with van der Waals surface area (Å²) >= 11 is 1.26. The molecule has 9 heteroatoms. The highest BCUT2D eigenvalue weighted by atomic mass is 32.1. The Hall–Kier alpha value is -2.81. The van der Waals surface area contributed by atoms with Gasteiger partial charge in [-0.05, 0) is 18.9 Å². The largest absolute Gasteiger partial charge is 0.462 e. The highest BCUT2D eigenvalue weighted by Crippen LogP contribution is 2.23. The summed E-state index contributed by atoms with van der Waals surface area (Å²) < 4.78 is 4.84. The summed E-state index contributed by atoms with van der Waals surface area (Å²) in [6.45, 7) is 5.71. The second-order valence-electron chi connectivity index (χ2n) is 5.43. The molecule has 1 amide bonds. The van der Waals surface area contributed by atoms with Crippen LogP contribution in [0.2, 0.25) is 0 Å². The first-order valence-corrected chi connectivity index (χ1v) is 8.43. The molecule has 0 fully saturated rings. The molecule has 1 N–H and O–H groups in total. The normalized spacial score (nSPS) is 10.6. The number of amides is 1. The van der Waals surface area contributed by atoms with E-state index < -0.39 is 16.8 Å². The van der Waals surface area contributed by atoms with Crippen molar-refractivity contribution in [3.63, 3.8) is 0 Å². The SMILES string of the molecule is CCOC(=O)c1cc(C(=O)Nc2nc(C(C)C)cs2)cc([N+](=O)[O-])c1. The molecule has 1 heterocycles. The van der Waals surface area contributed by atoms with Crippen LogP contribution in [0.5, 0.6) is 0 Å². The number of carbonyl (C=O) groups excluding carboxylic acids is 2. The van der Waals surface area contributed by atoms with Gasteiger partial charge in [-0.25, -0.2) is 9.78 Å². The Morgan fingerprint density at radius 3 is 2.56 bits per heavy atom. The first-order chi connectivity index (χ1) is 11.8. The van der Waals surface area contributed by atoms with Crippen molar-refractivity contribution in [2.24, 2.45) is 0 Å². The Morgan fingerprint density at radius 1 is 1.32 bits per heavy atom. The molecule has 0 saturated carbocycles. The molecule has 0 spiro atoms. The van der Waals surface area contributed by atoms with Gasteiger partial charge in [0.25, 0.3) is 11.6 Å². The Morgan fingerprint density at radius 2 is 2.00 bits per heavy atom. The molecule has 2 rings (SSSR count). The summed E-state index contributed by atoms with van der Waals surface area (Å²) in [4.78, 5) is 38.9. The van der Waals surface area contributed by atoms with Gasteiger partial charge in [0.2, 0.25) is 0 Å². The first kappa shape index (κ1) is 18.5. The standard InChI is InChI=1S/C16H17N3O5S/c1-4-24-15(21)11-5-10(6-12(7-11)19(22)23)14(20)18-16-17-13(8-25-16)9(2)3/h5-9H,4H2,1-3H3,(H,17,18,20). The van der Waals surface area contributed by atoms with Gasteiger partial charge in [-0.15, -0.1) is 11.3 Å². The van der Waals surface area contributed by atoms with E-state index in [9.17, 15) is 19.7 Å². The van der Waals surface area contributed by atoms with Crippen molar-refractivity contribution in [3.8, 4) is 0 Å². The lowest BCUT2D eigenvalue weighted by Crippen LogP contribution is -2.14. The molecule has 132 valence electrons. The van der Waals surface area contributed by atoms with Crippen LogP contribution in [0, 0.1) is 10.1 Å². The van der Waals surface area contributed by atoms with Crippen LogP contribution >= 0.6 is 11.3 Å². The lowest BCUT2D eigenvalue weighted by molar-refractivity contribution is -0.384. The molecule has 2 aromatic rings. The number of esters is 1. The van der Waals surface area contributed by atoms with Crippen LogP contribution in [-0.4, -0.2) is 28.4 Å². The van der Waals surface area contributed by atoms with E-state index in [0.717, 1.165) is 17.8 Å². The van der Waals surface area contributed by atoms with E-state index in [-0.39, 0.29) is 29.3 Å². The maximum absolute atomic E-state index is 12.4. The fourth-order valence-corrected chi connectivity index (χ4v) is 2.82. The second kappa shape index (κ2) is 7.84. The molecule has 1 aromatic heterocycles. The van der Waals surface area contributed by atoms with E-state index in [1.807, 2.05) is 19.2 Å². The summed E-state index contributed by atoms with van der Waals surface area (Å²) in [5, 5.41) is 15.9. The molecule has 0 radical (unpaired) electrons.